The molecule has 11 rings (SSSR count). The van der Waals surface area contributed by atoms with Gasteiger partial charge in [-0.05, 0) is 94.8 Å². The Balaban J connectivity index is 1.06. The molecule has 0 N–H and O–H groups in total. The molecule has 0 radical (unpaired) electrons. The molecule has 3 heterocycles. The highest BCUT2D eigenvalue weighted by molar-refractivity contribution is 5.86. The Morgan fingerprint density at radius 2 is 1.32 bits per heavy atom. The average molecular weight is 513 g/mol. The molecule has 11 aliphatic rings. The van der Waals surface area contributed by atoms with Crippen LogP contribution < -0.4 is 0 Å². The van der Waals surface area contributed by atoms with E-state index in [2.05, 4.69) is 6.58 Å². The number of rotatable bonds is 3. The van der Waals surface area contributed by atoms with Gasteiger partial charge in [-0.3, -0.25) is 0 Å². The molecule has 3 aliphatic heterocycles. The Bertz CT molecular complexity index is 981. The van der Waals surface area contributed by atoms with Crippen molar-refractivity contribution in [1.29, 1.82) is 0 Å². The van der Waals surface area contributed by atoms with Crippen LogP contribution >= 0.6 is 0 Å². The van der Waals surface area contributed by atoms with Crippen LogP contribution in [0.4, 0.5) is 0 Å². The van der Waals surface area contributed by atoms with E-state index >= 15 is 0 Å². The van der Waals surface area contributed by atoms with Crippen molar-refractivity contribution in [2.24, 2.45) is 47.3 Å². The van der Waals surface area contributed by atoms with E-state index in [1.165, 1.54) is 38.5 Å². The van der Waals surface area contributed by atoms with E-state index in [4.69, 9.17) is 28.4 Å². The quantitative estimate of drug-likeness (QED) is 0.412. The summed E-state index contributed by atoms with van der Waals surface area (Å²) in [5, 5.41) is 0. The van der Waals surface area contributed by atoms with E-state index in [0.717, 1.165) is 49.4 Å². The van der Waals surface area contributed by atoms with Crippen molar-refractivity contribution < 1.29 is 33.2 Å². The van der Waals surface area contributed by atoms with Crippen LogP contribution in [0.5, 0.6) is 0 Å². The molecule has 0 amide bonds. The van der Waals surface area contributed by atoms with Gasteiger partial charge in [0.1, 0.15) is 24.9 Å². The van der Waals surface area contributed by atoms with Crippen LogP contribution in [0.25, 0.3) is 0 Å². The van der Waals surface area contributed by atoms with E-state index in [1.54, 1.807) is 6.92 Å². The number of hydrogen-bond acceptors (Lipinski definition) is 7. The lowest BCUT2D eigenvalue weighted by molar-refractivity contribution is -0.408. The first kappa shape index (κ1) is 22.8. The van der Waals surface area contributed by atoms with E-state index in [0.29, 0.717) is 35.9 Å². The zero-order valence-electron chi connectivity index (χ0n) is 21.9. The Hall–Kier alpha value is -0.990. The molecule has 0 aromatic heterocycles. The van der Waals surface area contributed by atoms with Gasteiger partial charge in [-0.25, -0.2) is 4.79 Å². The summed E-state index contributed by atoms with van der Waals surface area (Å²) < 4.78 is 40.5. The lowest BCUT2D eigenvalue weighted by Gasteiger charge is -2.62. The monoisotopic (exact) mass is 512 g/mol. The van der Waals surface area contributed by atoms with Crippen molar-refractivity contribution in [3.63, 3.8) is 0 Å². The van der Waals surface area contributed by atoms with Crippen molar-refractivity contribution in [2.45, 2.75) is 107 Å². The fourth-order valence-corrected chi connectivity index (χ4v) is 11.2. The van der Waals surface area contributed by atoms with Crippen molar-refractivity contribution in [1.82, 2.24) is 0 Å². The van der Waals surface area contributed by atoms with Gasteiger partial charge in [0.25, 0.3) is 0 Å². The molecule has 202 valence electrons. The van der Waals surface area contributed by atoms with E-state index < -0.39 is 29.4 Å². The van der Waals surface area contributed by atoms with Crippen molar-refractivity contribution in [3.8, 4) is 0 Å². The molecule has 37 heavy (non-hydrogen) atoms. The predicted molar refractivity (Wildman–Crippen MR) is 130 cm³/mol. The van der Waals surface area contributed by atoms with Gasteiger partial charge in [-0.1, -0.05) is 6.58 Å². The summed E-state index contributed by atoms with van der Waals surface area (Å²) in [6, 6.07) is 0. The van der Waals surface area contributed by atoms with Crippen molar-refractivity contribution in [3.05, 3.63) is 12.2 Å². The van der Waals surface area contributed by atoms with Gasteiger partial charge in [-0.2, -0.15) is 0 Å². The van der Waals surface area contributed by atoms with Crippen LogP contribution in [-0.4, -0.2) is 54.9 Å². The molecule has 0 aromatic rings. The van der Waals surface area contributed by atoms with Gasteiger partial charge in [-0.15, -0.1) is 0 Å². The molecule has 7 nitrogen and oxygen atoms in total. The zero-order chi connectivity index (χ0) is 24.7. The summed E-state index contributed by atoms with van der Waals surface area (Å²) in [7, 11) is 0. The standard InChI is InChI=1S/C30H40O7/c1-15(2)27(31)32-14-28-26(36-30(37-28)22-9-18-4-19(11-22)12-23(30)10-18)25-24(34-28)13-33-29(35-25)20-5-16-3-17(7-20)8-21(29)6-16/h16-26H,1,3-14H2,2H3/t16?,17?,18?,19?,20?,21?,22?,23?,24-,25-,26+,28-,29?,30?/m1/s1. The molecule has 8 aliphatic carbocycles. The normalized spacial score (nSPS) is 59.8. The second kappa shape index (κ2) is 7.39. The van der Waals surface area contributed by atoms with Crippen molar-refractivity contribution >= 4 is 5.97 Å². The second-order valence-electron chi connectivity index (χ2n) is 14.4. The van der Waals surface area contributed by atoms with Gasteiger partial charge in [0.2, 0.25) is 5.79 Å². The Kier molecular flexibility index (Phi) is 4.55. The molecular weight excluding hydrogens is 472 g/mol. The minimum atomic E-state index is -1.16. The summed E-state index contributed by atoms with van der Waals surface area (Å²) in [4.78, 5) is 12.5. The molecule has 8 bridgehead atoms. The Labute approximate surface area is 218 Å². The lowest BCUT2D eigenvalue weighted by atomic mass is 9.53. The molecule has 0 aromatic carbocycles. The Morgan fingerprint density at radius 3 is 1.86 bits per heavy atom. The van der Waals surface area contributed by atoms with Crippen LogP contribution in [0.1, 0.15) is 71.1 Å². The summed E-state index contributed by atoms with van der Waals surface area (Å²) in [5.41, 5.74) is 0.374. The fraction of sp³-hybridized carbons (Fsp3) is 0.900. The highest BCUT2D eigenvalue weighted by Gasteiger charge is 2.76. The minimum absolute atomic E-state index is 0.00221. The lowest BCUT2D eigenvalue weighted by Crippen LogP contribution is -2.66. The maximum atomic E-state index is 12.5. The number of fused-ring (bicyclic) bond motifs is 3. The van der Waals surface area contributed by atoms with Crippen LogP contribution in [0.2, 0.25) is 0 Å². The molecule has 8 saturated carbocycles. The van der Waals surface area contributed by atoms with Gasteiger partial charge in [0.15, 0.2) is 11.6 Å². The topological polar surface area (TPSA) is 72.5 Å². The number of ether oxygens (including phenoxy) is 6. The van der Waals surface area contributed by atoms with Gasteiger partial charge in [0.05, 0.1) is 6.61 Å². The summed E-state index contributed by atoms with van der Waals surface area (Å²) in [5.74, 6) is 2.17. The molecule has 4 atom stereocenters. The fourth-order valence-electron chi connectivity index (χ4n) is 11.2. The van der Waals surface area contributed by atoms with Crippen molar-refractivity contribution in [2.75, 3.05) is 13.2 Å². The second-order valence-corrected chi connectivity index (χ2v) is 14.4. The summed E-state index contributed by atoms with van der Waals surface area (Å²) in [6.45, 7) is 5.92. The molecule has 7 heteroatoms. The van der Waals surface area contributed by atoms with Crippen LogP contribution in [-0.2, 0) is 33.2 Å². The predicted octanol–water partition coefficient (Wildman–Crippen LogP) is 4.34. The van der Waals surface area contributed by atoms with Gasteiger partial charge in [0, 0.05) is 29.2 Å². The molecule has 2 spiro atoms. The largest absolute Gasteiger partial charge is 0.456 e. The number of esters is 1. The zero-order valence-corrected chi connectivity index (χ0v) is 21.9. The summed E-state index contributed by atoms with van der Waals surface area (Å²) >= 11 is 0. The van der Waals surface area contributed by atoms with Gasteiger partial charge < -0.3 is 28.4 Å². The first-order chi connectivity index (χ1) is 17.9. The highest BCUT2D eigenvalue weighted by Crippen LogP contribution is 2.67. The maximum Gasteiger partial charge on any atom is 0.333 e. The molecule has 0 unspecified atom stereocenters. The first-order valence-electron chi connectivity index (χ1n) is 15.1. The number of carbonyl (C=O) groups excluding carboxylic acids is 1. The number of carbonyl (C=O) groups is 1. The third kappa shape index (κ3) is 2.93. The van der Waals surface area contributed by atoms with Crippen LogP contribution in [0.15, 0.2) is 12.2 Å². The molecular formula is C30H40O7. The highest BCUT2D eigenvalue weighted by atomic mass is 16.9. The SMILES string of the molecule is C=C(C)C(=O)OC[C@]12O[C@@H]3COC4(O[C@H]3[C@@H]1OC1(O2)C2CC3CC(C2)CC1C3)C1CC2CC(C1)CC4C2. The van der Waals surface area contributed by atoms with Crippen LogP contribution in [0, 0.1) is 47.3 Å². The average Bonchev–Trinajstić information content (AvgIpc) is 3.34. The van der Waals surface area contributed by atoms with Crippen LogP contribution in [0.3, 0.4) is 0 Å². The Morgan fingerprint density at radius 1 is 0.784 bits per heavy atom. The van der Waals surface area contributed by atoms with E-state index in [1.807, 2.05) is 0 Å². The maximum absolute atomic E-state index is 12.5. The third-order valence-electron chi connectivity index (χ3n) is 12.2. The molecule has 11 fully saturated rings. The van der Waals surface area contributed by atoms with Gasteiger partial charge >= 0.3 is 5.97 Å². The smallest absolute Gasteiger partial charge is 0.333 e. The van der Waals surface area contributed by atoms with E-state index in [9.17, 15) is 4.79 Å². The molecule has 3 saturated heterocycles. The number of hydrogen-bond donors (Lipinski definition) is 0. The summed E-state index contributed by atoms with van der Waals surface area (Å²) in [6.07, 6.45) is 11.3. The minimum Gasteiger partial charge on any atom is -0.456 e. The first-order valence-corrected chi connectivity index (χ1v) is 15.1. The third-order valence-corrected chi connectivity index (χ3v) is 12.2. The van der Waals surface area contributed by atoms with E-state index in [-0.39, 0.29) is 18.8 Å².